The summed E-state index contributed by atoms with van der Waals surface area (Å²) in [6, 6.07) is 3.80. The summed E-state index contributed by atoms with van der Waals surface area (Å²) in [7, 11) is 6.75. The monoisotopic (exact) mass is 627 g/mol. The minimum atomic E-state index is -5.10. The van der Waals surface area contributed by atoms with Crippen LogP contribution < -0.4 is 5.84 Å². The minimum absolute atomic E-state index is 0.0160. The number of likely N-dealkylation sites (N-methyl/N-ethyl adjacent to an activating group) is 2. The third-order valence-corrected chi connectivity index (χ3v) is 6.62. The number of azo groups is 1. The molecule has 0 aliphatic carbocycles. The first-order valence-electron chi connectivity index (χ1n) is 13.0. The largest absolute Gasteiger partial charge is 0.416 e. The molecule has 0 amide bonds. The quantitative estimate of drug-likeness (QED) is 0.0769. The van der Waals surface area contributed by atoms with E-state index in [2.05, 4.69) is 15.3 Å². The summed E-state index contributed by atoms with van der Waals surface area (Å²) in [4.78, 5) is 4.96. The maximum absolute atomic E-state index is 13.8. The molecule has 2 rings (SSSR count). The van der Waals surface area contributed by atoms with Crippen molar-refractivity contribution in [3.8, 4) is 0 Å². The van der Waals surface area contributed by atoms with Crippen molar-refractivity contribution in [1.29, 1.82) is 0 Å². The van der Waals surface area contributed by atoms with Gasteiger partial charge in [-0.05, 0) is 74.6 Å². The van der Waals surface area contributed by atoms with E-state index in [-0.39, 0.29) is 17.7 Å². The van der Waals surface area contributed by atoms with Gasteiger partial charge in [0.1, 0.15) is 0 Å². The molecule has 0 bridgehead atoms. The number of halogens is 9. The Balaban J connectivity index is 2.72. The number of benzene rings is 2. The summed E-state index contributed by atoms with van der Waals surface area (Å²) < 4.78 is 122. The van der Waals surface area contributed by atoms with Crippen molar-refractivity contribution in [2.75, 3.05) is 41.3 Å². The second-order valence-electron chi connectivity index (χ2n) is 10.1. The van der Waals surface area contributed by atoms with Crippen LogP contribution in [0.3, 0.4) is 0 Å². The zero-order valence-corrected chi connectivity index (χ0v) is 24.2. The normalized spacial score (nSPS) is 14.3. The van der Waals surface area contributed by atoms with Gasteiger partial charge in [-0.15, -0.1) is 10.2 Å². The maximum Gasteiger partial charge on any atom is 0.416 e. The SMILES string of the molecule is CCC(c1ccc(C(F)(F)F)cc1CN(Cc1cc(C(F)(F)F)cc(C(F)(F)F)c1)C(N=NC)=NN)N(C)CCN(C)C. The fraction of sp³-hybridized carbons (Fsp3) is 0.519. The first kappa shape index (κ1) is 35.8. The molecular weight excluding hydrogens is 593 g/mol. The Morgan fingerprint density at radius 2 is 1.35 bits per heavy atom. The second-order valence-corrected chi connectivity index (χ2v) is 10.1. The zero-order chi connectivity index (χ0) is 32.8. The second kappa shape index (κ2) is 14.4. The molecule has 1 atom stereocenters. The lowest BCUT2D eigenvalue weighted by Crippen LogP contribution is -2.34. The van der Waals surface area contributed by atoms with Gasteiger partial charge in [0.05, 0.1) is 16.7 Å². The van der Waals surface area contributed by atoms with E-state index in [1.165, 1.54) is 13.1 Å². The Kier molecular flexibility index (Phi) is 12.0. The topological polar surface area (TPSA) is 72.8 Å². The molecule has 0 heterocycles. The van der Waals surface area contributed by atoms with Gasteiger partial charge in [0.2, 0.25) is 0 Å². The first-order chi connectivity index (χ1) is 19.8. The summed E-state index contributed by atoms with van der Waals surface area (Å²) in [6.45, 7) is 1.94. The number of nitrogens with two attached hydrogens (primary N) is 1. The highest BCUT2D eigenvalue weighted by Gasteiger charge is 2.37. The Bertz CT molecular complexity index is 1240. The molecule has 0 aliphatic rings. The summed E-state index contributed by atoms with van der Waals surface area (Å²) in [5.74, 6) is 5.03. The number of hydrazone groups is 1. The van der Waals surface area contributed by atoms with E-state index in [0.717, 1.165) is 17.0 Å². The Labute approximate surface area is 243 Å². The van der Waals surface area contributed by atoms with Gasteiger partial charge in [-0.3, -0.25) is 4.90 Å². The van der Waals surface area contributed by atoms with Crippen LogP contribution in [-0.4, -0.2) is 61.9 Å². The van der Waals surface area contributed by atoms with Gasteiger partial charge in [0.15, 0.2) is 0 Å². The molecule has 0 aliphatic heterocycles. The Morgan fingerprint density at radius 1 is 0.791 bits per heavy atom. The van der Waals surface area contributed by atoms with E-state index >= 15 is 0 Å². The fourth-order valence-corrected chi connectivity index (χ4v) is 4.52. The summed E-state index contributed by atoms with van der Waals surface area (Å²) in [5, 5.41) is 10.7. The molecule has 0 saturated heterocycles. The van der Waals surface area contributed by atoms with E-state index < -0.39 is 59.8 Å². The molecule has 0 spiro atoms. The summed E-state index contributed by atoms with van der Waals surface area (Å²) in [6.07, 6.45) is -14.5. The van der Waals surface area contributed by atoms with E-state index in [0.29, 0.717) is 37.2 Å². The molecule has 240 valence electrons. The van der Waals surface area contributed by atoms with Crippen LogP contribution in [0.2, 0.25) is 0 Å². The van der Waals surface area contributed by atoms with Gasteiger partial charge >= 0.3 is 18.5 Å². The minimum Gasteiger partial charge on any atom is -0.330 e. The van der Waals surface area contributed by atoms with Crippen molar-refractivity contribution >= 4 is 5.96 Å². The maximum atomic E-state index is 13.8. The van der Waals surface area contributed by atoms with Crippen molar-refractivity contribution in [3.05, 3.63) is 69.8 Å². The highest BCUT2D eigenvalue weighted by atomic mass is 19.4. The van der Waals surface area contributed by atoms with Crippen molar-refractivity contribution in [2.24, 2.45) is 21.2 Å². The summed E-state index contributed by atoms with van der Waals surface area (Å²) >= 11 is 0. The average molecular weight is 628 g/mol. The molecule has 0 aromatic heterocycles. The highest BCUT2D eigenvalue weighted by molar-refractivity contribution is 5.80. The van der Waals surface area contributed by atoms with Crippen molar-refractivity contribution in [1.82, 2.24) is 14.7 Å². The van der Waals surface area contributed by atoms with Gasteiger partial charge in [0, 0.05) is 39.3 Å². The molecule has 0 fully saturated rings. The molecule has 16 heteroatoms. The molecule has 7 nitrogen and oxygen atoms in total. The zero-order valence-electron chi connectivity index (χ0n) is 24.2. The lowest BCUT2D eigenvalue weighted by atomic mass is 9.94. The molecule has 0 radical (unpaired) electrons. The van der Waals surface area contributed by atoms with Gasteiger partial charge < -0.3 is 15.6 Å². The van der Waals surface area contributed by atoms with E-state index in [1.54, 1.807) is 7.05 Å². The molecule has 2 aromatic carbocycles. The molecule has 2 aromatic rings. The number of nitrogens with zero attached hydrogens (tertiary/aromatic N) is 6. The predicted octanol–water partition coefficient (Wildman–Crippen LogP) is 7.00. The van der Waals surface area contributed by atoms with Gasteiger partial charge in [0.25, 0.3) is 5.96 Å². The van der Waals surface area contributed by atoms with Crippen LogP contribution in [0.25, 0.3) is 0 Å². The van der Waals surface area contributed by atoms with Crippen LogP contribution in [0.5, 0.6) is 0 Å². The summed E-state index contributed by atoms with van der Waals surface area (Å²) in [5.41, 5.74) is -3.94. The molecule has 1 unspecified atom stereocenters. The number of hydrogen-bond donors (Lipinski definition) is 1. The van der Waals surface area contributed by atoms with Crippen LogP contribution in [0.4, 0.5) is 39.5 Å². The van der Waals surface area contributed by atoms with Crippen LogP contribution in [-0.2, 0) is 31.6 Å². The molecule has 0 saturated carbocycles. The third-order valence-electron chi connectivity index (χ3n) is 6.62. The van der Waals surface area contributed by atoms with Gasteiger partial charge in [-0.2, -0.15) is 44.6 Å². The molecule has 2 N–H and O–H groups in total. The predicted molar refractivity (Wildman–Crippen MR) is 144 cm³/mol. The smallest absolute Gasteiger partial charge is 0.330 e. The standard InChI is InChI=1S/C27H34F9N7/c1-6-23(42(5)10-9-41(3)4)22-8-7-19(25(28,29)30)13-18(22)16-43(24(39-37)40-38-2)15-17-11-20(26(31,32)33)14-21(12-17)27(34,35)36/h7-8,11-14,23H,6,9-10,15-16,37H2,1-5H3. The number of rotatable bonds is 10. The highest BCUT2D eigenvalue weighted by Crippen LogP contribution is 2.38. The number of guanidine groups is 1. The van der Waals surface area contributed by atoms with Crippen LogP contribution >= 0.6 is 0 Å². The third kappa shape index (κ3) is 10.1. The number of hydrogen-bond acceptors (Lipinski definition) is 5. The fourth-order valence-electron chi connectivity index (χ4n) is 4.52. The average Bonchev–Trinajstić information content (AvgIpc) is 2.89. The van der Waals surface area contributed by atoms with Crippen LogP contribution in [0.15, 0.2) is 51.7 Å². The van der Waals surface area contributed by atoms with E-state index in [9.17, 15) is 39.5 Å². The number of alkyl halides is 9. The van der Waals surface area contributed by atoms with E-state index in [1.807, 2.05) is 30.8 Å². The van der Waals surface area contributed by atoms with E-state index in [4.69, 9.17) is 5.84 Å². The first-order valence-corrected chi connectivity index (χ1v) is 13.0. The Hall–Kier alpha value is -3.40. The Morgan fingerprint density at radius 3 is 1.79 bits per heavy atom. The van der Waals surface area contributed by atoms with Crippen LogP contribution in [0, 0.1) is 0 Å². The van der Waals surface area contributed by atoms with Crippen molar-refractivity contribution in [2.45, 2.75) is 51.0 Å². The lowest BCUT2D eigenvalue weighted by molar-refractivity contribution is -0.143. The van der Waals surface area contributed by atoms with Crippen molar-refractivity contribution < 1.29 is 39.5 Å². The van der Waals surface area contributed by atoms with Crippen LogP contribution in [0.1, 0.15) is 52.8 Å². The molecular formula is C27H34F9N7. The van der Waals surface area contributed by atoms with Gasteiger partial charge in [-0.1, -0.05) is 13.0 Å². The molecule has 43 heavy (non-hydrogen) atoms. The lowest BCUT2D eigenvalue weighted by Gasteiger charge is -2.32. The van der Waals surface area contributed by atoms with Crippen molar-refractivity contribution in [3.63, 3.8) is 0 Å². The van der Waals surface area contributed by atoms with Gasteiger partial charge in [-0.25, -0.2) is 0 Å².